The summed E-state index contributed by atoms with van der Waals surface area (Å²) in [5.74, 6) is 0.0754. The number of benzene rings is 2. The number of carbonyl (C=O) groups is 3. The first-order valence-electron chi connectivity index (χ1n) is 8.28. The average molecular weight is 370 g/mol. The molecule has 0 heterocycles. The molecule has 0 saturated carbocycles. The Labute approximate surface area is 157 Å². The summed E-state index contributed by atoms with van der Waals surface area (Å²) in [4.78, 5) is 36.5. The molecular formula is C20H22N2O3S. The Balaban J connectivity index is 2.10. The van der Waals surface area contributed by atoms with E-state index in [4.69, 9.17) is 0 Å². The molecule has 0 aliphatic rings. The predicted octanol–water partition coefficient (Wildman–Crippen LogP) is 3.38. The third-order valence-electron chi connectivity index (χ3n) is 3.81. The van der Waals surface area contributed by atoms with Gasteiger partial charge in [-0.3, -0.25) is 14.4 Å². The summed E-state index contributed by atoms with van der Waals surface area (Å²) < 4.78 is 0. The first-order chi connectivity index (χ1) is 12.5. The molecule has 0 spiro atoms. The van der Waals surface area contributed by atoms with E-state index in [1.807, 2.05) is 12.3 Å². The second kappa shape index (κ2) is 9.77. The van der Waals surface area contributed by atoms with Gasteiger partial charge in [-0.25, -0.2) is 0 Å². The molecular weight excluding hydrogens is 348 g/mol. The number of anilines is 1. The van der Waals surface area contributed by atoms with Crippen molar-refractivity contribution in [2.24, 2.45) is 0 Å². The smallest absolute Gasteiger partial charge is 0.251 e. The summed E-state index contributed by atoms with van der Waals surface area (Å²) in [6.45, 7) is 1.47. The predicted molar refractivity (Wildman–Crippen MR) is 106 cm³/mol. The molecule has 0 aromatic heterocycles. The normalized spacial score (nSPS) is 11.5. The molecule has 2 aromatic rings. The minimum absolute atomic E-state index is 0.0718. The maximum absolute atomic E-state index is 12.6. The van der Waals surface area contributed by atoms with Crippen LogP contribution in [0.5, 0.6) is 0 Å². The van der Waals surface area contributed by atoms with E-state index in [-0.39, 0.29) is 17.6 Å². The van der Waals surface area contributed by atoms with Crippen LogP contribution in [-0.4, -0.2) is 35.6 Å². The summed E-state index contributed by atoms with van der Waals surface area (Å²) in [7, 11) is 0. The van der Waals surface area contributed by atoms with E-state index >= 15 is 0 Å². The van der Waals surface area contributed by atoms with Gasteiger partial charge in [-0.15, -0.1) is 0 Å². The van der Waals surface area contributed by atoms with Crippen molar-refractivity contribution in [3.05, 3.63) is 65.7 Å². The minimum atomic E-state index is -0.656. The molecule has 6 heteroatoms. The lowest BCUT2D eigenvalue weighted by Gasteiger charge is -2.18. The molecule has 2 rings (SSSR count). The first-order valence-corrected chi connectivity index (χ1v) is 9.67. The highest BCUT2D eigenvalue weighted by molar-refractivity contribution is 7.98. The molecule has 0 unspecified atom stereocenters. The van der Waals surface area contributed by atoms with Crippen molar-refractivity contribution in [3.63, 3.8) is 0 Å². The number of nitrogens with one attached hydrogen (secondary N) is 2. The number of amides is 2. The van der Waals surface area contributed by atoms with Gasteiger partial charge in [0.1, 0.15) is 6.04 Å². The fraction of sp³-hybridized carbons (Fsp3) is 0.250. The Bertz CT molecular complexity index is 778. The molecule has 0 bridgehead atoms. The van der Waals surface area contributed by atoms with E-state index in [9.17, 15) is 14.4 Å². The summed E-state index contributed by atoms with van der Waals surface area (Å²) >= 11 is 1.61. The average Bonchev–Trinajstić information content (AvgIpc) is 2.65. The number of rotatable bonds is 8. The largest absolute Gasteiger partial charge is 0.340 e. The van der Waals surface area contributed by atoms with Gasteiger partial charge in [0, 0.05) is 16.8 Å². The van der Waals surface area contributed by atoms with Gasteiger partial charge < -0.3 is 10.6 Å². The third-order valence-corrected chi connectivity index (χ3v) is 4.45. The maximum atomic E-state index is 12.6. The van der Waals surface area contributed by atoms with Crippen LogP contribution in [0.25, 0.3) is 0 Å². The van der Waals surface area contributed by atoms with E-state index in [0.717, 1.165) is 5.75 Å². The van der Waals surface area contributed by atoms with Crippen LogP contribution in [0.4, 0.5) is 5.69 Å². The van der Waals surface area contributed by atoms with Gasteiger partial charge in [-0.1, -0.05) is 30.3 Å². The molecule has 26 heavy (non-hydrogen) atoms. The van der Waals surface area contributed by atoms with Gasteiger partial charge in [0.2, 0.25) is 5.91 Å². The lowest BCUT2D eigenvalue weighted by Crippen LogP contribution is -2.44. The van der Waals surface area contributed by atoms with Crippen molar-refractivity contribution in [2.75, 3.05) is 17.3 Å². The second-order valence-electron chi connectivity index (χ2n) is 5.80. The third kappa shape index (κ3) is 5.74. The fourth-order valence-corrected chi connectivity index (χ4v) is 2.85. The second-order valence-corrected chi connectivity index (χ2v) is 6.79. The zero-order valence-electron chi connectivity index (χ0n) is 14.8. The van der Waals surface area contributed by atoms with Gasteiger partial charge in [-0.2, -0.15) is 11.8 Å². The van der Waals surface area contributed by atoms with Gasteiger partial charge in [-0.05, 0) is 49.6 Å². The highest BCUT2D eigenvalue weighted by Gasteiger charge is 2.21. The number of hydrogen-bond acceptors (Lipinski definition) is 4. The van der Waals surface area contributed by atoms with Crippen molar-refractivity contribution in [2.45, 2.75) is 19.4 Å². The quantitative estimate of drug-likeness (QED) is 0.699. The van der Waals surface area contributed by atoms with Gasteiger partial charge in [0.15, 0.2) is 5.78 Å². The zero-order chi connectivity index (χ0) is 18.9. The van der Waals surface area contributed by atoms with Crippen LogP contribution in [0.15, 0.2) is 54.6 Å². The van der Waals surface area contributed by atoms with Crippen molar-refractivity contribution >= 4 is 35.0 Å². The number of thioether (sulfide) groups is 1. The topological polar surface area (TPSA) is 75.3 Å². The summed E-state index contributed by atoms with van der Waals surface area (Å²) in [6.07, 6.45) is 2.46. The van der Waals surface area contributed by atoms with E-state index in [1.165, 1.54) is 6.92 Å². The van der Waals surface area contributed by atoms with Crippen LogP contribution in [-0.2, 0) is 4.79 Å². The number of hydrogen-bond donors (Lipinski definition) is 2. The molecule has 2 aromatic carbocycles. The lowest BCUT2D eigenvalue weighted by molar-refractivity contribution is -0.118. The Kier molecular flexibility index (Phi) is 7.41. The molecule has 136 valence electrons. The van der Waals surface area contributed by atoms with Gasteiger partial charge in [0.25, 0.3) is 5.91 Å². The molecule has 5 nitrogen and oxygen atoms in total. The maximum Gasteiger partial charge on any atom is 0.251 e. The monoisotopic (exact) mass is 370 g/mol. The fourth-order valence-electron chi connectivity index (χ4n) is 2.38. The van der Waals surface area contributed by atoms with Crippen LogP contribution in [0.2, 0.25) is 0 Å². The van der Waals surface area contributed by atoms with E-state index in [1.54, 1.807) is 60.3 Å². The number of ketones is 1. The summed E-state index contributed by atoms with van der Waals surface area (Å²) in [5.41, 5.74) is 1.57. The summed E-state index contributed by atoms with van der Waals surface area (Å²) in [5, 5.41) is 5.58. The molecule has 0 saturated heterocycles. The molecule has 0 aliphatic carbocycles. The van der Waals surface area contributed by atoms with Gasteiger partial charge in [0.05, 0.1) is 0 Å². The molecule has 0 aliphatic heterocycles. The highest BCUT2D eigenvalue weighted by Crippen LogP contribution is 2.13. The van der Waals surface area contributed by atoms with Crippen molar-refractivity contribution in [3.8, 4) is 0 Å². The van der Waals surface area contributed by atoms with Crippen molar-refractivity contribution < 1.29 is 14.4 Å². The highest BCUT2D eigenvalue weighted by atomic mass is 32.2. The Morgan fingerprint density at radius 2 is 1.69 bits per heavy atom. The molecule has 2 N–H and O–H groups in total. The Hall–Kier alpha value is -2.60. The van der Waals surface area contributed by atoms with Crippen LogP contribution < -0.4 is 10.6 Å². The Morgan fingerprint density at radius 3 is 2.35 bits per heavy atom. The lowest BCUT2D eigenvalue weighted by atomic mass is 10.1. The van der Waals surface area contributed by atoms with Crippen LogP contribution in [0.3, 0.4) is 0 Å². The van der Waals surface area contributed by atoms with E-state index in [2.05, 4.69) is 10.6 Å². The minimum Gasteiger partial charge on any atom is -0.340 e. The number of Topliss-reactive ketones (excluding diaryl/α,β-unsaturated/α-hetero) is 1. The zero-order valence-corrected chi connectivity index (χ0v) is 15.6. The SMILES string of the molecule is CSCC[C@@H](NC(=O)c1ccccc1)C(=O)Nc1cccc(C(C)=O)c1. The van der Waals surface area contributed by atoms with Gasteiger partial charge >= 0.3 is 0 Å². The molecule has 1 atom stereocenters. The molecule has 0 fully saturated rings. The van der Waals surface area contributed by atoms with Crippen molar-refractivity contribution in [1.82, 2.24) is 5.32 Å². The van der Waals surface area contributed by atoms with Crippen LogP contribution in [0.1, 0.15) is 34.1 Å². The Morgan fingerprint density at radius 1 is 1.00 bits per heavy atom. The van der Waals surface area contributed by atoms with Crippen LogP contribution in [0, 0.1) is 0 Å². The molecule has 0 radical (unpaired) electrons. The van der Waals surface area contributed by atoms with E-state index < -0.39 is 6.04 Å². The van der Waals surface area contributed by atoms with E-state index in [0.29, 0.717) is 23.2 Å². The summed E-state index contributed by atoms with van der Waals surface area (Å²) in [6, 6.07) is 14.9. The number of carbonyl (C=O) groups excluding carboxylic acids is 3. The first kappa shape index (κ1) is 19.7. The standard InChI is InChI=1S/C20H22N2O3S/c1-14(23)16-9-6-10-17(13-16)21-20(25)18(11-12-26-2)22-19(24)15-7-4-3-5-8-15/h3-10,13,18H,11-12H2,1-2H3,(H,21,25)(H,22,24)/t18-/m1/s1. The van der Waals surface area contributed by atoms with Crippen LogP contribution >= 0.6 is 11.8 Å². The molecule has 2 amide bonds. The van der Waals surface area contributed by atoms with Crippen molar-refractivity contribution in [1.29, 1.82) is 0 Å².